The second-order valence-corrected chi connectivity index (χ2v) is 5.84. The van der Waals surface area contributed by atoms with Crippen molar-refractivity contribution in [3.63, 3.8) is 0 Å². The second-order valence-electron chi connectivity index (χ2n) is 5.84. The minimum absolute atomic E-state index is 0.121. The van der Waals surface area contributed by atoms with Gasteiger partial charge in [0, 0.05) is 0 Å². The van der Waals surface area contributed by atoms with Gasteiger partial charge in [0.1, 0.15) is 23.0 Å². The fourth-order valence-corrected chi connectivity index (χ4v) is 2.77. The molecule has 2 aromatic rings. The Kier molecular flexibility index (Phi) is 4.54. The average Bonchev–Trinajstić information content (AvgIpc) is 2.66. The van der Waals surface area contributed by atoms with Crippen LogP contribution < -0.4 is 0 Å². The van der Waals surface area contributed by atoms with Crippen LogP contribution in [0.1, 0.15) is 31.8 Å². The van der Waals surface area contributed by atoms with Crippen molar-refractivity contribution in [3.8, 4) is 23.0 Å². The molecule has 8 heteroatoms. The SMILES string of the molecule is O=C1C=CC(=O)C=C1.O=C1c2c(O)ccc(O)c2C(=O)c2c(O)ccc(O)c21. The molecule has 4 N–H and O–H groups in total. The van der Waals surface area contributed by atoms with E-state index in [-0.39, 0.29) is 33.8 Å². The van der Waals surface area contributed by atoms with Crippen molar-refractivity contribution in [1.29, 1.82) is 0 Å². The summed E-state index contributed by atoms with van der Waals surface area (Å²) < 4.78 is 0. The van der Waals surface area contributed by atoms with Gasteiger partial charge in [0.05, 0.1) is 22.3 Å². The summed E-state index contributed by atoms with van der Waals surface area (Å²) in [5.41, 5.74) is -1.54. The van der Waals surface area contributed by atoms with Gasteiger partial charge in [-0.2, -0.15) is 0 Å². The Balaban J connectivity index is 0.000000236. The lowest BCUT2D eigenvalue weighted by Gasteiger charge is -2.20. The third-order valence-corrected chi connectivity index (χ3v) is 4.05. The molecule has 2 aromatic carbocycles. The van der Waals surface area contributed by atoms with Gasteiger partial charge in [-0.1, -0.05) is 0 Å². The lowest BCUT2D eigenvalue weighted by Crippen LogP contribution is -2.21. The maximum atomic E-state index is 12.3. The Labute approximate surface area is 157 Å². The van der Waals surface area contributed by atoms with Crippen molar-refractivity contribution in [2.75, 3.05) is 0 Å². The van der Waals surface area contributed by atoms with Gasteiger partial charge in [-0.25, -0.2) is 0 Å². The highest BCUT2D eigenvalue weighted by Crippen LogP contribution is 2.42. The van der Waals surface area contributed by atoms with Gasteiger partial charge in [0.2, 0.25) is 11.6 Å². The molecular weight excluding hydrogens is 368 g/mol. The van der Waals surface area contributed by atoms with E-state index >= 15 is 0 Å². The highest BCUT2D eigenvalue weighted by Gasteiger charge is 2.38. The molecule has 0 atom stereocenters. The molecule has 140 valence electrons. The quantitative estimate of drug-likeness (QED) is 0.339. The monoisotopic (exact) mass is 380 g/mol. The molecule has 0 saturated carbocycles. The minimum atomic E-state index is -0.837. The average molecular weight is 380 g/mol. The molecule has 0 aromatic heterocycles. The number of rotatable bonds is 0. The summed E-state index contributed by atoms with van der Waals surface area (Å²) in [6, 6.07) is 4.29. The van der Waals surface area contributed by atoms with E-state index in [1.54, 1.807) is 0 Å². The summed E-state index contributed by atoms with van der Waals surface area (Å²) in [5, 5.41) is 38.9. The normalized spacial score (nSPS) is 14.3. The molecule has 0 fully saturated rings. The summed E-state index contributed by atoms with van der Waals surface area (Å²) in [5.74, 6) is -3.84. The summed E-state index contributed by atoms with van der Waals surface area (Å²) in [7, 11) is 0. The first kappa shape index (κ1) is 18.6. The number of carbonyl (C=O) groups is 4. The van der Waals surface area contributed by atoms with Gasteiger partial charge in [-0.3, -0.25) is 19.2 Å². The van der Waals surface area contributed by atoms with Gasteiger partial charge in [-0.05, 0) is 48.6 Å². The molecule has 0 saturated heterocycles. The Morgan fingerprint density at radius 1 is 0.429 bits per heavy atom. The molecule has 8 nitrogen and oxygen atoms in total. The summed E-state index contributed by atoms with van der Waals surface area (Å²) >= 11 is 0. The Morgan fingerprint density at radius 2 is 0.643 bits per heavy atom. The van der Waals surface area contributed by atoms with Crippen LogP contribution in [-0.4, -0.2) is 43.6 Å². The van der Waals surface area contributed by atoms with Gasteiger partial charge in [-0.15, -0.1) is 0 Å². The van der Waals surface area contributed by atoms with Crippen molar-refractivity contribution in [3.05, 3.63) is 70.8 Å². The number of benzene rings is 2. The van der Waals surface area contributed by atoms with Crippen molar-refractivity contribution in [1.82, 2.24) is 0 Å². The van der Waals surface area contributed by atoms with Gasteiger partial charge in [0.15, 0.2) is 11.6 Å². The molecule has 4 rings (SSSR count). The largest absolute Gasteiger partial charge is 0.507 e. The summed E-state index contributed by atoms with van der Waals surface area (Å²) in [6.45, 7) is 0. The first-order chi connectivity index (χ1) is 13.2. The van der Waals surface area contributed by atoms with Crippen LogP contribution >= 0.6 is 0 Å². The molecule has 0 radical (unpaired) electrons. The molecule has 0 bridgehead atoms. The van der Waals surface area contributed by atoms with Crippen LogP contribution in [-0.2, 0) is 9.59 Å². The van der Waals surface area contributed by atoms with E-state index in [9.17, 15) is 39.6 Å². The molecule has 2 aliphatic carbocycles. The first-order valence-corrected chi connectivity index (χ1v) is 7.85. The predicted molar refractivity (Wildman–Crippen MR) is 94.7 cm³/mol. The molecule has 2 aliphatic rings. The summed E-state index contributed by atoms with van der Waals surface area (Å²) in [4.78, 5) is 45.2. The fourth-order valence-electron chi connectivity index (χ4n) is 2.77. The maximum Gasteiger partial charge on any atom is 0.202 e. The Morgan fingerprint density at radius 3 is 0.857 bits per heavy atom. The van der Waals surface area contributed by atoms with E-state index in [0.717, 1.165) is 24.3 Å². The number of phenols is 4. The lowest BCUT2D eigenvalue weighted by molar-refractivity contribution is -0.113. The molecule has 0 aliphatic heterocycles. The van der Waals surface area contributed by atoms with Gasteiger partial charge < -0.3 is 20.4 Å². The zero-order valence-corrected chi connectivity index (χ0v) is 14.0. The van der Waals surface area contributed by atoms with E-state index in [2.05, 4.69) is 0 Å². The van der Waals surface area contributed by atoms with E-state index in [4.69, 9.17) is 0 Å². The van der Waals surface area contributed by atoms with Crippen molar-refractivity contribution < 1.29 is 39.6 Å². The smallest absolute Gasteiger partial charge is 0.202 e. The van der Waals surface area contributed by atoms with E-state index < -0.39 is 34.6 Å². The number of ketones is 4. The maximum absolute atomic E-state index is 12.3. The van der Waals surface area contributed by atoms with Crippen LogP contribution in [0.25, 0.3) is 0 Å². The predicted octanol–water partition coefficient (Wildman–Crippen LogP) is 1.53. The van der Waals surface area contributed by atoms with Crippen molar-refractivity contribution in [2.45, 2.75) is 0 Å². The molecule has 28 heavy (non-hydrogen) atoms. The summed E-state index contributed by atoms with van der Waals surface area (Å²) in [6.07, 6.45) is 5.01. The highest BCUT2D eigenvalue weighted by molar-refractivity contribution is 6.31. The van der Waals surface area contributed by atoms with Crippen LogP contribution in [0.15, 0.2) is 48.6 Å². The van der Waals surface area contributed by atoms with Crippen molar-refractivity contribution >= 4 is 23.1 Å². The molecular formula is C20H12O8. The first-order valence-electron chi connectivity index (χ1n) is 7.85. The number of phenolic OH excluding ortho intramolecular Hbond substituents is 4. The number of allylic oxidation sites excluding steroid dienone is 4. The zero-order valence-electron chi connectivity index (χ0n) is 14.0. The topological polar surface area (TPSA) is 149 Å². The molecule has 0 amide bonds. The Bertz CT molecular complexity index is 954. The standard InChI is InChI=1S/C14H8O6.C6H4O2/c15-5-1-2-6(16)10-9(5)13(19)11-7(17)3-4-8(18)12(11)14(10)20;7-5-1-2-6(8)4-3-5/h1-4,15-18H;1-4H. The number of fused-ring (bicyclic) bond motifs is 2. The van der Waals surface area contributed by atoms with E-state index in [1.165, 1.54) is 24.3 Å². The second kappa shape index (κ2) is 6.84. The Hall–Kier alpha value is -4.20. The number of carbonyl (C=O) groups excluding carboxylic acids is 4. The lowest BCUT2D eigenvalue weighted by atomic mass is 9.82. The fraction of sp³-hybridized carbons (Fsp3) is 0. The number of aromatic hydroxyl groups is 4. The van der Waals surface area contributed by atoms with Crippen LogP contribution in [0, 0.1) is 0 Å². The highest BCUT2D eigenvalue weighted by atomic mass is 16.3. The molecule has 0 unspecified atom stereocenters. The van der Waals surface area contributed by atoms with Crippen LogP contribution in [0.2, 0.25) is 0 Å². The molecule has 0 heterocycles. The molecule has 0 spiro atoms. The van der Waals surface area contributed by atoms with E-state index in [0.29, 0.717) is 0 Å². The van der Waals surface area contributed by atoms with E-state index in [1.807, 2.05) is 0 Å². The number of hydrogen-bond acceptors (Lipinski definition) is 8. The minimum Gasteiger partial charge on any atom is -0.507 e. The van der Waals surface area contributed by atoms with Crippen molar-refractivity contribution in [2.24, 2.45) is 0 Å². The third kappa shape index (κ3) is 3.03. The third-order valence-electron chi connectivity index (χ3n) is 4.05. The number of hydrogen-bond donors (Lipinski definition) is 4. The van der Waals surface area contributed by atoms with Gasteiger partial charge in [0.25, 0.3) is 0 Å². The van der Waals surface area contributed by atoms with Gasteiger partial charge >= 0.3 is 0 Å². The van der Waals surface area contributed by atoms with Crippen LogP contribution in [0.5, 0.6) is 23.0 Å². The van der Waals surface area contributed by atoms with Crippen LogP contribution in [0.3, 0.4) is 0 Å². The van der Waals surface area contributed by atoms with Crippen LogP contribution in [0.4, 0.5) is 0 Å². The zero-order chi connectivity index (χ0) is 20.6.